The highest BCUT2D eigenvalue weighted by Crippen LogP contribution is 2.30. The number of likely N-dealkylation sites (tertiary alicyclic amines) is 1. The van der Waals surface area contributed by atoms with Gasteiger partial charge in [-0.05, 0) is 31.4 Å². The molecule has 3 heterocycles. The lowest BCUT2D eigenvalue weighted by Crippen LogP contribution is -2.34. The van der Waals surface area contributed by atoms with Crippen LogP contribution in [0.4, 0.5) is 14.5 Å². The number of halogens is 2. The first kappa shape index (κ1) is 18.1. The smallest absolute Gasteiger partial charge is 0.244 e. The van der Waals surface area contributed by atoms with Crippen LogP contribution >= 0.6 is 0 Å². The second-order valence-corrected chi connectivity index (χ2v) is 7.31. The van der Waals surface area contributed by atoms with Crippen molar-refractivity contribution in [2.75, 3.05) is 24.5 Å². The molecule has 2 aliphatic rings. The van der Waals surface area contributed by atoms with E-state index in [4.69, 9.17) is 5.73 Å². The van der Waals surface area contributed by atoms with Crippen LogP contribution in [0.3, 0.4) is 0 Å². The van der Waals surface area contributed by atoms with Crippen LogP contribution in [-0.4, -0.2) is 52.2 Å². The van der Waals surface area contributed by atoms with E-state index in [0.29, 0.717) is 50.3 Å². The largest absolute Gasteiger partial charge is 0.320 e. The van der Waals surface area contributed by atoms with E-state index in [-0.39, 0.29) is 11.6 Å². The van der Waals surface area contributed by atoms with Gasteiger partial charge in [0.1, 0.15) is 17.8 Å². The van der Waals surface area contributed by atoms with Crippen molar-refractivity contribution in [1.82, 2.24) is 14.5 Å². The molecule has 2 unspecified atom stereocenters. The zero-order valence-electron chi connectivity index (χ0n) is 15.2. The average Bonchev–Trinajstić information content (AvgIpc) is 3.32. The first-order valence-electron chi connectivity index (χ1n) is 9.20. The second kappa shape index (κ2) is 7.01. The zero-order chi connectivity index (χ0) is 19.1. The Kier molecular flexibility index (Phi) is 4.69. The zero-order valence-corrected chi connectivity index (χ0v) is 15.2. The third-order valence-electron chi connectivity index (χ3n) is 5.33. The van der Waals surface area contributed by atoms with Gasteiger partial charge in [-0.3, -0.25) is 9.69 Å². The number of aromatic nitrogens is 2. The molecule has 1 aromatic carbocycles. The van der Waals surface area contributed by atoms with Crippen LogP contribution in [0.15, 0.2) is 24.5 Å². The molecular formula is C19H23F2N5O. The quantitative estimate of drug-likeness (QED) is 0.887. The van der Waals surface area contributed by atoms with Crippen molar-refractivity contribution in [1.29, 1.82) is 0 Å². The molecule has 2 aromatic rings. The fourth-order valence-electron chi connectivity index (χ4n) is 3.94. The van der Waals surface area contributed by atoms with Gasteiger partial charge in [-0.25, -0.2) is 13.8 Å². The van der Waals surface area contributed by atoms with E-state index in [9.17, 15) is 13.6 Å². The Bertz CT molecular complexity index is 845. The van der Waals surface area contributed by atoms with Gasteiger partial charge in [-0.15, -0.1) is 0 Å². The van der Waals surface area contributed by atoms with E-state index in [1.165, 1.54) is 11.0 Å². The van der Waals surface area contributed by atoms with Crippen molar-refractivity contribution in [2.24, 2.45) is 5.73 Å². The lowest BCUT2D eigenvalue weighted by Gasteiger charge is -2.21. The molecule has 1 amide bonds. The topological polar surface area (TPSA) is 67.4 Å². The van der Waals surface area contributed by atoms with Crippen LogP contribution < -0.4 is 10.6 Å². The summed E-state index contributed by atoms with van der Waals surface area (Å²) in [5.74, 6) is 0.0231. The van der Waals surface area contributed by atoms with Gasteiger partial charge in [0, 0.05) is 38.1 Å². The van der Waals surface area contributed by atoms with Crippen LogP contribution in [0.5, 0.6) is 0 Å². The number of benzene rings is 1. The standard InChI is InChI=1S/C19H23F2N5O/c1-12-8-14(9-15(21)18(12)26-6-3-16(22)19(26)27)25-7-4-23-17(25)11-24-5-2-13(20)10-24/h4,7-9,13,16H,2-3,5-6,10-11,22H2,1H3. The molecule has 2 aliphatic heterocycles. The minimum absolute atomic E-state index is 0.247. The van der Waals surface area contributed by atoms with Gasteiger partial charge in [-0.1, -0.05) is 0 Å². The number of anilines is 1. The Morgan fingerprint density at radius 3 is 2.74 bits per heavy atom. The lowest BCUT2D eigenvalue weighted by molar-refractivity contribution is -0.118. The van der Waals surface area contributed by atoms with Crippen LogP contribution in [0.1, 0.15) is 24.2 Å². The SMILES string of the molecule is Cc1cc(-n2ccnc2CN2CCC(F)C2)cc(F)c1N1CCC(N)C1=O. The monoisotopic (exact) mass is 375 g/mol. The van der Waals surface area contributed by atoms with Gasteiger partial charge in [0.05, 0.1) is 24.0 Å². The van der Waals surface area contributed by atoms with Gasteiger partial charge in [0.2, 0.25) is 5.91 Å². The second-order valence-electron chi connectivity index (χ2n) is 7.31. The van der Waals surface area contributed by atoms with Crippen molar-refractivity contribution in [3.8, 4) is 5.69 Å². The Hall–Kier alpha value is -2.32. The molecule has 144 valence electrons. The molecule has 8 heteroatoms. The Morgan fingerprint density at radius 2 is 2.11 bits per heavy atom. The van der Waals surface area contributed by atoms with Crippen LogP contribution in [0, 0.1) is 12.7 Å². The van der Waals surface area contributed by atoms with Gasteiger partial charge in [0.15, 0.2) is 0 Å². The first-order chi connectivity index (χ1) is 12.9. The number of nitrogens with zero attached hydrogens (tertiary/aromatic N) is 4. The van der Waals surface area contributed by atoms with E-state index < -0.39 is 18.0 Å². The molecule has 0 spiro atoms. The van der Waals surface area contributed by atoms with E-state index in [1.54, 1.807) is 19.3 Å². The molecule has 0 radical (unpaired) electrons. The Morgan fingerprint density at radius 1 is 1.30 bits per heavy atom. The number of nitrogens with two attached hydrogens (primary N) is 1. The normalized spacial score (nSPS) is 23.6. The third kappa shape index (κ3) is 3.35. The maximum atomic E-state index is 14.9. The van der Waals surface area contributed by atoms with Crippen LogP contribution in [0.2, 0.25) is 0 Å². The summed E-state index contributed by atoms with van der Waals surface area (Å²) < 4.78 is 30.1. The predicted molar refractivity (Wildman–Crippen MR) is 98.0 cm³/mol. The van der Waals surface area contributed by atoms with Gasteiger partial charge in [-0.2, -0.15) is 0 Å². The summed E-state index contributed by atoms with van der Waals surface area (Å²) in [6, 6.07) is 2.68. The molecule has 27 heavy (non-hydrogen) atoms. The summed E-state index contributed by atoms with van der Waals surface area (Å²) in [6.07, 6.45) is 3.69. The highest BCUT2D eigenvalue weighted by atomic mass is 19.1. The summed E-state index contributed by atoms with van der Waals surface area (Å²) in [7, 11) is 0. The number of carbonyl (C=O) groups excluding carboxylic acids is 1. The van der Waals surface area contributed by atoms with E-state index in [2.05, 4.69) is 4.98 Å². The number of amides is 1. The van der Waals surface area contributed by atoms with E-state index in [0.717, 1.165) is 5.82 Å². The van der Waals surface area contributed by atoms with Crippen molar-refractivity contribution >= 4 is 11.6 Å². The minimum Gasteiger partial charge on any atom is -0.320 e. The summed E-state index contributed by atoms with van der Waals surface area (Å²) in [5.41, 5.74) is 7.35. The summed E-state index contributed by atoms with van der Waals surface area (Å²) in [6.45, 7) is 3.81. The summed E-state index contributed by atoms with van der Waals surface area (Å²) >= 11 is 0. The maximum absolute atomic E-state index is 14.9. The highest BCUT2D eigenvalue weighted by molar-refractivity contribution is 6.00. The number of aryl methyl sites for hydroxylation is 1. The predicted octanol–water partition coefficient (Wildman–Crippen LogP) is 1.93. The Balaban J connectivity index is 1.62. The third-order valence-corrected chi connectivity index (χ3v) is 5.33. The molecule has 4 rings (SSSR count). The minimum atomic E-state index is -0.795. The number of rotatable bonds is 4. The molecule has 1 aromatic heterocycles. The molecule has 2 N–H and O–H groups in total. The van der Waals surface area contributed by atoms with Crippen molar-refractivity contribution in [3.05, 3.63) is 41.7 Å². The van der Waals surface area contributed by atoms with Crippen molar-refractivity contribution in [3.63, 3.8) is 0 Å². The lowest BCUT2D eigenvalue weighted by atomic mass is 10.1. The van der Waals surface area contributed by atoms with E-state index in [1.807, 2.05) is 15.5 Å². The number of imidazole rings is 1. The molecule has 0 saturated carbocycles. The summed E-state index contributed by atoms with van der Waals surface area (Å²) in [4.78, 5) is 20.0. The fourth-order valence-corrected chi connectivity index (χ4v) is 3.94. The first-order valence-corrected chi connectivity index (χ1v) is 9.20. The van der Waals surface area contributed by atoms with Gasteiger partial charge < -0.3 is 15.2 Å². The molecule has 2 saturated heterocycles. The Labute approximate surface area is 156 Å². The number of hydrogen-bond acceptors (Lipinski definition) is 4. The number of carbonyl (C=O) groups is 1. The molecule has 2 fully saturated rings. The van der Waals surface area contributed by atoms with Crippen molar-refractivity contribution < 1.29 is 13.6 Å². The number of hydrogen-bond donors (Lipinski definition) is 1. The molecule has 0 bridgehead atoms. The maximum Gasteiger partial charge on any atom is 0.244 e. The molecule has 2 atom stereocenters. The number of alkyl halides is 1. The van der Waals surface area contributed by atoms with Gasteiger partial charge in [0.25, 0.3) is 0 Å². The van der Waals surface area contributed by atoms with Crippen LogP contribution in [-0.2, 0) is 11.3 Å². The fraction of sp³-hybridized carbons (Fsp3) is 0.474. The summed E-state index contributed by atoms with van der Waals surface area (Å²) in [5, 5.41) is 0. The van der Waals surface area contributed by atoms with Crippen LogP contribution in [0.25, 0.3) is 5.69 Å². The molecule has 0 aliphatic carbocycles. The van der Waals surface area contributed by atoms with E-state index >= 15 is 0 Å². The van der Waals surface area contributed by atoms with Crippen molar-refractivity contribution in [2.45, 2.75) is 38.5 Å². The average molecular weight is 375 g/mol. The highest BCUT2D eigenvalue weighted by Gasteiger charge is 2.32. The van der Waals surface area contributed by atoms with Gasteiger partial charge >= 0.3 is 0 Å². The molecule has 6 nitrogen and oxygen atoms in total. The molecular weight excluding hydrogens is 352 g/mol.